The average molecular weight is 220 g/mol. The van der Waals surface area contributed by atoms with Crippen molar-refractivity contribution in [3.63, 3.8) is 0 Å². The fraction of sp³-hybridized carbons (Fsp3) is 0.300. The standard InChI is InChI=1S/C10H12N4S/c1-7-3-11-10(12-4-7)13-5-9-6-15-8(2)14-9/h3-4,6H,5H2,1-2H3,(H,11,12,13). The topological polar surface area (TPSA) is 50.7 Å². The van der Waals surface area contributed by atoms with E-state index >= 15 is 0 Å². The summed E-state index contributed by atoms with van der Waals surface area (Å²) in [7, 11) is 0. The van der Waals surface area contributed by atoms with Gasteiger partial charge in [-0.3, -0.25) is 0 Å². The first-order valence-electron chi connectivity index (χ1n) is 4.67. The minimum absolute atomic E-state index is 0.645. The Morgan fingerprint density at radius 1 is 1.27 bits per heavy atom. The van der Waals surface area contributed by atoms with Crippen LogP contribution in [0.15, 0.2) is 17.8 Å². The van der Waals surface area contributed by atoms with Crippen LogP contribution in [0.1, 0.15) is 16.3 Å². The minimum Gasteiger partial charge on any atom is -0.349 e. The van der Waals surface area contributed by atoms with Crippen LogP contribution in [-0.2, 0) is 6.54 Å². The predicted molar refractivity (Wildman–Crippen MR) is 60.9 cm³/mol. The van der Waals surface area contributed by atoms with E-state index in [4.69, 9.17) is 0 Å². The van der Waals surface area contributed by atoms with E-state index in [0.717, 1.165) is 16.3 Å². The fourth-order valence-electron chi connectivity index (χ4n) is 1.14. The van der Waals surface area contributed by atoms with Gasteiger partial charge in [0.2, 0.25) is 5.95 Å². The van der Waals surface area contributed by atoms with Crippen LogP contribution in [-0.4, -0.2) is 15.0 Å². The highest BCUT2D eigenvalue weighted by molar-refractivity contribution is 7.09. The average Bonchev–Trinajstić information content (AvgIpc) is 2.64. The first-order valence-corrected chi connectivity index (χ1v) is 5.55. The molecule has 0 aromatic carbocycles. The SMILES string of the molecule is Cc1cnc(NCc2csc(C)n2)nc1. The monoisotopic (exact) mass is 220 g/mol. The van der Waals surface area contributed by atoms with Crippen LogP contribution in [0, 0.1) is 13.8 Å². The molecule has 0 aliphatic heterocycles. The number of nitrogens with one attached hydrogen (secondary N) is 1. The van der Waals surface area contributed by atoms with Gasteiger partial charge in [0.15, 0.2) is 0 Å². The maximum Gasteiger partial charge on any atom is 0.222 e. The highest BCUT2D eigenvalue weighted by Crippen LogP contribution is 2.09. The smallest absolute Gasteiger partial charge is 0.222 e. The number of aryl methyl sites for hydroxylation is 2. The van der Waals surface area contributed by atoms with Crippen molar-refractivity contribution in [3.05, 3.63) is 34.0 Å². The molecular weight excluding hydrogens is 208 g/mol. The summed E-state index contributed by atoms with van der Waals surface area (Å²) < 4.78 is 0. The number of aromatic nitrogens is 3. The van der Waals surface area contributed by atoms with Gasteiger partial charge in [0.25, 0.3) is 0 Å². The van der Waals surface area contributed by atoms with E-state index in [1.807, 2.05) is 19.2 Å². The van der Waals surface area contributed by atoms with Crippen LogP contribution in [0.3, 0.4) is 0 Å². The first-order chi connectivity index (χ1) is 7.24. The van der Waals surface area contributed by atoms with Crippen molar-refractivity contribution in [1.29, 1.82) is 0 Å². The van der Waals surface area contributed by atoms with Gasteiger partial charge in [-0.15, -0.1) is 11.3 Å². The van der Waals surface area contributed by atoms with Gasteiger partial charge in [0.1, 0.15) is 0 Å². The molecule has 2 heterocycles. The van der Waals surface area contributed by atoms with Crippen molar-refractivity contribution in [2.24, 2.45) is 0 Å². The van der Waals surface area contributed by atoms with E-state index in [2.05, 4.69) is 20.3 Å². The van der Waals surface area contributed by atoms with E-state index in [1.165, 1.54) is 0 Å². The molecule has 2 rings (SSSR count). The Morgan fingerprint density at radius 3 is 2.60 bits per heavy atom. The zero-order valence-electron chi connectivity index (χ0n) is 8.69. The Kier molecular flexibility index (Phi) is 2.91. The summed E-state index contributed by atoms with van der Waals surface area (Å²) in [6.07, 6.45) is 3.59. The largest absolute Gasteiger partial charge is 0.349 e. The number of hydrogen-bond acceptors (Lipinski definition) is 5. The van der Waals surface area contributed by atoms with Crippen molar-refractivity contribution in [3.8, 4) is 0 Å². The molecule has 1 N–H and O–H groups in total. The molecule has 0 bridgehead atoms. The van der Waals surface area contributed by atoms with Crippen LogP contribution >= 0.6 is 11.3 Å². The van der Waals surface area contributed by atoms with Gasteiger partial charge < -0.3 is 5.32 Å². The summed E-state index contributed by atoms with van der Waals surface area (Å²) in [5.74, 6) is 0.645. The Hall–Kier alpha value is -1.49. The summed E-state index contributed by atoms with van der Waals surface area (Å²) in [4.78, 5) is 12.7. The summed E-state index contributed by atoms with van der Waals surface area (Å²) in [5, 5.41) is 6.24. The lowest BCUT2D eigenvalue weighted by Crippen LogP contribution is -2.03. The molecule has 5 heteroatoms. The molecule has 2 aromatic rings. The highest BCUT2D eigenvalue weighted by Gasteiger charge is 1.99. The lowest BCUT2D eigenvalue weighted by atomic mass is 10.4. The van der Waals surface area contributed by atoms with E-state index < -0.39 is 0 Å². The summed E-state index contributed by atoms with van der Waals surface area (Å²) in [6, 6.07) is 0. The number of nitrogens with zero attached hydrogens (tertiary/aromatic N) is 3. The van der Waals surface area contributed by atoms with Crippen molar-refractivity contribution in [2.75, 3.05) is 5.32 Å². The summed E-state index contributed by atoms with van der Waals surface area (Å²) in [6.45, 7) is 4.64. The van der Waals surface area contributed by atoms with Gasteiger partial charge in [0.05, 0.1) is 17.2 Å². The van der Waals surface area contributed by atoms with Gasteiger partial charge in [0, 0.05) is 17.8 Å². The molecule has 0 spiro atoms. The Balaban J connectivity index is 1.96. The number of thiazole rings is 1. The third-order valence-electron chi connectivity index (χ3n) is 1.88. The fourth-order valence-corrected chi connectivity index (χ4v) is 1.76. The molecule has 0 atom stereocenters. The lowest BCUT2D eigenvalue weighted by molar-refractivity contribution is 1.00. The lowest BCUT2D eigenvalue weighted by Gasteiger charge is -2.01. The van der Waals surface area contributed by atoms with E-state index in [9.17, 15) is 0 Å². The predicted octanol–water partition coefficient (Wildman–Crippen LogP) is 2.16. The third-order valence-corrected chi connectivity index (χ3v) is 2.70. The Bertz CT molecular complexity index is 435. The Morgan fingerprint density at radius 2 is 2.00 bits per heavy atom. The molecule has 2 aromatic heterocycles. The van der Waals surface area contributed by atoms with Gasteiger partial charge in [-0.1, -0.05) is 0 Å². The van der Waals surface area contributed by atoms with E-state index in [1.54, 1.807) is 23.7 Å². The zero-order chi connectivity index (χ0) is 10.7. The molecule has 78 valence electrons. The maximum atomic E-state index is 4.34. The van der Waals surface area contributed by atoms with Gasteiger partial charge in [-0.25, -0.2) is 15.0 Å². The molecule has 15 heavy (non-hydrogen) atoms. The molecule has 0 amide bonds. The third kappa shape index (κ3) is 2.73. The number of hydrogen-bond donors (Lipinski definition) is 1. The van der Waals surface area contributed by atoms with Gasteiger partial charge in [-0.05, 0) is 19.4 Å². The maximum absolute atomic E-state index is 4.34. The second-order valence-corrected chi connectivity index (χ2v) is 4.36. The van der Waals surface area contributed by atoms with Crippen molar-refractivity contribution in [2.45, 2.75) is 20.4 Å². The van der Waals surface area contributed by atoms with E-state index in [0.29, 0.717) is 12.5 Å². The molecule has 0 unspecified atom stereocenters. The Labute approximate surface area is 92.4 Å². The van der Waals surface area contributed by atoms with Gasteiger partial charge in [-0.2, -0.15) is 0 Å². The summed E-state index contributed by atoms with van der Waals surface area (Å²) >= 11 is 1.65. The van der Waals surface area contributed by atoms with Crippen LogP contribution in [0.25, 0.3) is 0 Å². The number of rotatable bonds is 3. The molecule has 0 radical (unpaired) electrons. The second kappa shape index (κ2) is 4.35. The van der Waals surface area contributed by atoms with Gasteiger partial charge >= 0.3 is 0 Å². The van der Waals surface area contributed by atoms with Crippen molar-refractivity contribution < 1.29 is 0 Å². The molecule has 0 saturated carbocycles. The zero-order valence-corrected chi connectivity index (χ0v) is 9.51. The summed E-state index contributed by atoms with van der Waals surface area (Å²) in [5.41, 5.74) is 2.09. The minimum atomic E-state index is 0.645. The van der Waals surface area contributed by atoms with Crippen LogP contribution in [0.2, 0.25) is 0 Å². The van der Waals surface area contributed by atoms with Crippen LogP contribution < -0.4 is 5.32 Å². The van der Waals surface area contributed by atoms with Crippen molar-refractivity contribution >= 4 is 17.3 Å². The normalized spacial score (nSPS) is 10.3. The quantitative estimate of drug-likeness (QED) is 0.861. The molecule has 0 aliphatic carbocycles. The molecule has 0 aliphatic rings. The van der Waals surface area contributed by atoms with Crippen molar-refractivity contribution in [1.82, 2.24) is 15.0 Å². The number of anilines is 1. The van der Waals surface area contributed by atoms with Crippen LogP contribution in [0.4, 0.5) is 5.95 Å². The molecule has 0 saturated heterocycles. The molecular formula is C10H12N4S. The van der Waals surface area contributed by atoms with E-state index in [-0.39, 0.29) is 0 Å². The molecule has 0 fully saturated rings. The highest BCUT2D eigenvalue weighted by atomic mass is 32.1. The first kappa shape index (κ1) is 10.0. The van der Waals surface area contributed by atoms with Crippen LogP contribution in [0.5, 0.6) is 0 Å². The second-order valence-electron chi connectivity index (χ2n) is 3.30. The molecule has 4 nitrogen and oxygen atoms in total.